The lowest BCUT2D eigenvalue weighted by molar-refractivity contribution is -0.255. The van der Waals surface area contributed by atoms with Gasteiger partial charge in [-0.05, 0) is 25.1 Å². The fourth-order valence-corrected chi connectivity index (χ4v) is 1.42. The van der Waals surface area contributed by atoms with E-state index in [9.17, 15) is 9.90 Å². The number of ether oxygens (including phenoxy) is 1. The van der Waals surface area contributed by atoms with Crippen LogP contribution in [0.1, 0.15) is 21.7 Å². The van der Waals surface area contributed by atoms with Crippen LogP contribution in [0.2, 0.25) is 0 Å². The first-order valence-electron chi connectivity index (χ1n) is 5.14. The molecule has 1 aromatic heterocycles. The van der Waals surface area contributed by atoms with Gasteiger partial charge in [-0.25, -0.2) is 0 Å². The summed E-state index contributed by atoms with van der Waals surface area (Å²) in [4.78, 5) is 10.7. The molecule has 0 aliphatic rings. The SMILES string of the molecule is Cc1ccc(OCc2occc2C(=O)[O-])cc1. The van der Waals surface area contributed by atoms with Gasteiger partial charge in [-0.1, -0.05) is 17.7 Å². The van der Waals surface area contributed by atoms with E-state index in [4.69, 9.17) is 9.15 Å². The van der Waals surface area contributed by atoms with Crippen LogP contribution in [0.15, 0.2) is 41.0 Å². The van der Waals surface area contributed by atoms with Crippen molar-refractivity contribution in [2.75, 3.05) is 0 Å². The molecule has 0 aliphatic carbocycles. The Morgan fingerprint density at radius 3 is 2.65 bits per heavy atom. The standard InChI is InChI=1S/C13H12O4/c1-9-2-4-10(5-3-9)17-8-12-11(13(14)15)6-7-16-12/h2-7H,8H2,1H3,(H,14,15)/p-1. The molecule has 0 amide bonds. The van der Waals surface area contributed by atoms with E-state index in [1.54, 1.807) is 0 Å². The van der Waals surface area contributed by atoms with Crippen LogP contribution in [0.25, 0.3) is 0 Å². The first-order chi connectivity index (χ1) is 8.16. The fraction of sp³-hybridized carbons (Fsp3) is 0.154. The zero-order valence-electron chi connectivity index (χ0n) is 9.30. The Labute approximate surface area is 98.4 Å². The van der Waals surface area contributed by atoms with Crippen molar-refractivity contribution in [2.45, 2.75) is 13.5 Å². The maximum absolute atomic E-state index is 10.7. The second-order valence-corrected chi connectivity index (χ2v) is 3.65. The van der Waals surface area contributed by atoms with Crippen LogP contribution in [0, 0.1) is 6.92 Å². The van der Waals surface area contributed by atoms with Gasteiger partial charge in [-0.15, -0.1) is 0 Å². The first kappa shape index (κ1) is 11.3. The average Bonchev–Trinajstić information content (AvgIpc) is 2.76. The lowest BCUT2D eigenvalue weighted by Gasteiger charge is -2.06. The molecule has 0 aliphatic heterocycles. The van der Waals surface area contributed by atoms with Crippen LogP contribution in [0.5, 0.6) is 5.75 Å². The minimum Gasteiger partial charge on any atom is -0.545 e. The molecule has 0 N–H and O–H groups in total. The van der Waals surface area contributed by atoms with Gasteiger partial charge in [0.15, 0.2) is 0 Å². The van der Waals surface area contributed by atoms with Gasteiger partial charge < -0.3 is 19.1 Å². The molecule has 0 atom stereocenters. The van der Waals surface area contributed by atoms with E-state index in [1.165, 1.54) is 12.3 Å². The molecule has 0 unspecified atom stereocenters. The number of aryl methyl sites for hydroxylation is 1. The summed E-state index contributed by atoms with van der Waals surface area (Å²) in [5, 5.41) is 10.7. The summed E-state index contributed by atoms with van der Waals surface area (Å²) in [7, 11) is 0. The Bertz CT molecular complexity index is 510. The second-order valence-electron chi connectivity index (χ2n) is 3.65. The van der Waals surface area contributed by atoms with Gasteiger partial charge in [0.05, 0.1) is 12.2 Å². The van der Waals surface area contributed by atoms with E-state index in [0.29, 0.717) is 5.75 Å². The molecule has 88 valence electrons. The topological polar surface area (TPSA) is 62.5 Å². The van der Waals surface area contributed by atoms with Crippen molar-refractivity contribution < 1.29 is 19.1 Å². The Morgan fingerprint density at radius 2 is 2.00 bits per heavy atom. The van der Waals surface area contributed by atoms with E-state index in [1.807, 2.05) is 31.2 Å². The number of rotatable bonds is 4. The summed E-state index contributed by atoms with van der Waals surface area (Å²) >= 11 is 0. The molecule has 2 aromatic rings. The highest BCUT2D eigenvalue weighted by Gasteiger charge is 2.07. The maximum atomic E-state index is 10.7. The molecule has 0 saturated heterocycles. The highest BCUT2D eigenvalue weighted by Crippen LogP contribution is 2.16. The fourth-order valence-electron chi connectivity index (χ4n) is 1.42. The lowest BCUT2D eigenvalue weighted by Crippen LogP contribution is -2.23. The Morgan fingerprint density at radius 1 is 1.29 bits per heavy atom. The number of carbonyl (C=O) groups excluding carboxylic acids is 1. The van der Waals surface area contributed by atoms with Gasteiger partial charge in [0.25, 0.3) is 0 Å². The Balaban J connectivity index is 2.05. The molecular weight excluding hydrogens is 220 g/mol. The van der Waals surface area contributed by atoms with Crippen molar-refractivity contribution in [3.63, 3.8) is 0 Å². The molecule has 4 heteroatoms. The molecule has 0 fully saturated rings. The van der Waals surface area contributed by atoms with Crippen molar-refractivity contribution >= 4 is 5.97 Å². The molecule has 1 aromatic carbocycles. The van der Waals surface area contributed by atoms with Gasteiger partial charge >= 0.3 is 0 Å². The number of furan rings is 1. The largest absolute Gasteiger partial charge is 0.545 e. The smallest absolute Gasteiger partial charge is 0.150 e. The second kappa shape index (κ2) is 4.74. The summed E-state index contributed by atoms with van der Waals surface area (Å²) in [6.45, 7) is 2.05. The van der Waals surface area contributed by atoms with Crippen LogP contribution >= 0.6 is 0 Å². The quantitative estimate of drug-likeness (QED) is 0.800. The number of carbonyl (C=O) groups is 1. The Hall–Kier alpha value is -2.23. The average molecular weight is 231 g/mol. The molecule has 17 heavy (non-hydrogen) atoms. The number of aromatic carboxylic acids is 1. The van der Waals surface area contributed by atoms with E-state index in [0.717, 1.165) is 5.56 Å². The third-order valence-electron chi connectivity index (χ3n) is 2.36. The van der Waals surface area contributed by atoms with Gasteiger partial charge in [0.1, 0.15) is 18.1 Å². The van der Waals surface area contributed by atoms with Crippen molar-refractivity contribution in [1.29, 1.82) is 0 Å². The molecule has 2 rings (SSSR count). The van der Waals surface area contributed by atoms with Gasteiger partial charge in [-0.2, -0.15) is 0 Å². The molecule has 1 heterocycles. The monoisotopic (exact) mass is 231 g/mol. The Kier molecular flexibility index (Phi) is 3.14. The van der Waals surface area contributed by atoms with Gasteiger partial charge in [0, 0.05) is 5.56 Å². The predicted molar refractivity (Wildman–Crippen MR) is 58.5 cm³/mol. The summed E-state index contributed by atoms with van der Waals surface area (Å²) < 4.78 is 10.4. The van der Waals surface area contributed by atoms with Gasteiger partial charge in [0.2, 0.25) is 0 Å². The normalized spacial score (nSPS) is 10.2. The molecule has 0 spiro atoms. The van der Waals surface area contributed by atoms with Crippen molar-refractivity contribution in [3.8, 4) is 5.75 Å². The third kappa shape index (κ3) is 2.66. The minimum atomic E-state index is -1.26. The zero-order valence-corrected chi connectivity index (χ0v) is 9.30. The number of hydrogen-bond donors (Lipinski definition) is 0. The highest BCUT2D eigenvalue weighted by molar-refractivity contribution is 5.86. The third-order valence-corrected chi connectivity index (χ3v) is 2.36. The first-order valence-corrected chi connectivity index (χ1v) is 5.14. The molecule has 0 saturated carbocycles. The van der Waals surface area contributed by atoms with E-state index in [-0.39, 0.29) is 17.9 Å². The van der Waals surface area contributed by atoms with E-state index >= 15 is 0 Å². The summed E-state index contributed by atoms with van der Waals surface area (Å²) in [5.74, 6) is -0.344. The number of hydrogen-bond acceptors (Lipinski definition) is 4. The van der Waals surface area contributed by atoms with Crippen molar-refractivity contribution in [1.82, 2.24) is 0 Å². The summed E-state index contributed by atoms with van der Waals surface area (Å²) in [6.07, 6.45) is 1.30. The van der Waals surface area contributed by atoms with Crippen LogP contribution in [-0.2, 0) is 6.61 Å². The van der Waals surface area contributed by atoms with Crippen molar-refractivity contribution in [3.05, 3.63) is 53.5 Å². The number of carboxylic acids is 1. The lowest BCUT2D eigenvalue weighted by atomic mass is 10.2. The molecule has 0 radical (unpaired) electrons. The van der Waals surface area contributed by atoms with Gasteiger partial charge in [-0.3, -0.25) is 0 Å². The van der Waals surface area contributed by atoms with E-state index < -0.39 is 5.97 Å². The summed E-state index contributed by atoms with van der Waals surface area (Å²) in [5.41, 5.74) is 1.16. The maximum Gasteiger partial charge on any atom is 0.150 e. The van der Waals surface area contributed by atoms with Crippen molar-refractivity contribution in [2.24, 2.45) is 0 Å². The van der Waals surface area contributed by atoms with Crippen LogP contribution in [0.3, 0.4) is 0 Å². The van der Waals surface area contributed by atoms with Crippen LogP contribution in [-0.4, -0.2) is 5.97 Å². The number of benzene rings is 1. The van der Waals surface area contributed by atoms with Crippen LogP contribution in [0.4, 0.5) is 0 Å². The molecule has 0 bridgehead atoms. The minimum absolute atomic E-state index is 0.0251. The predicted octanol–water partition coefficient (Wildman–Crippen LogP) is 1.53. The van der Waals surface area contributed by atoms with E-state index in [2.05, 4.69) is 0 Å². The highest BCUT2D eigenvalue weighted by atomic mass is 16.5. The summed E-state index contributed by atoms with van der Waals surface area (Å²) in [6, 6.07) is 8.81. The zero-order chi connectivity index (χ0) is 12.3. The van der Waals surface area contributed by atoms with Crippen LogP contribution < -0.4 is 9.84 Å². The number of carboxylic acid groups (broad SMARTS) is 1. The molecule has 4 nitrogen and oxygen atoms in total. The molecular formula is C13H11O4-.